The number of hydrogen-bond acceptors (Lipinski definition) is 2. The topological polar surface area (TPSA) is 21.3 Å². The maximum Gasteiger partial charge on any atom is 0.133 e. The number of hydrogen-bond donors (Lipinski definition) is 1. The summed E-state index contributed by atoms with van der Waals surface area (Å²) in [5.74, 6) is 0.919. The van der Waals surface area contributed by atoms with Gasteiger partial charge in [0.2, 0.25) is 0 Å². The Balaban J connectivity index is 2.54. The Labute approximate surface area is 100 Å². The van der Waals surface area contributed by atoms with Gasteiger partial charge in [0.25, 0.3) is 0 Å². The molecule has 1 N–H and O–H groups in total. The maximum absolute atomic E-state index is 5.89. The van der Waals surface area contributed by atoms with Crippen LogP contribution in [0.4, 0.5) is 0 Å². The van der Waals surface area contributed by atoms with Crippen molar-refractivity contribution in [2.75, 3.05) is 13.1 Å². The fourth-order valence-corrected chi connectivity index (χ4v) is 1.67. The zero-order valence-corrected chi connectivity index (χ0v) is 10.9. The highest BCUT2D eigenvalue weighted by Gasteiger charge is 2.08. The highest BCUT2D eigenvalue weighted by molar-refractivity contribution is 9.10. The van der Waals surface area contributed by atoms with Gasteiger partial charge in [-0.1, -0.05) is 26.0 Å². The molecule has 2 nitrogen and oxygen atoms in total. The molecule has 0 aromatic heterocycles. The third kappa shape index (κ3) is 4.22. The molecular weight excluding hydrogens is 254 g/mol. The van der Waals surface area contributed by atoms with E-state index in [1.165, 1.54) is 0 Å². The molecule has 0 aliphatic rings. The van der Waals surface area contributed by atoms with Crippen molar-refractivity contribution in [3.8, 4) is 5.75 Å². The molecule has 0 saturated heterocycles. The van der Waals surface area contributed by atoms with Crippen molar-refractivity contribution in [2.24, 2.45) is 0 Å². The van der Waals surface area contributed by atoms with Crippen molar-refractivity contribution in [1.82, 2.24) is 5.32 Å². The number of halogens is 1. The van der Waals surface area contributed by atoms with Gasteiger partial charge in [-0.15, -0.1) is 0 Å². The molecule has 0 bridgehead atoms. The Kier molecular flexibility index (Phi) is 5.73. The molecular formula is C12H18BrNO. The van der Waals surface area contributed by atoms with Crippen LogP contribution in [-0.2, 0) is 0 Å². The van der Waals surface area contributed by atoms with Crippen LogP contribution < -0.4 is 10.1 Å². The second-order valence-electron chi connectivity index (χ2n) is 3.39. The quantitative estimate of drug-likeness (QED) is 0.858. The smallest absolute Gasteiger partial charge is 0.133 e. The lowest BCUT2D eigenvalue weighted by Gasteiger charge is -2.18. The fraction of sp³-hybridized carbons (Fsp3) is 0.500. The average Bonchev–Trinajstić information content (AvgIpc) is 2.26. The standard InChI is InChI=1S/C12H18BrNO/c1-3-10(9-14-4-2)15-12-8-6-5-7-11(12)13/h5-8,10,14H,3-4,9H2,1-2H3. The summed E-state index contributed by atoms with van der Waals surface area (Å²) in [6.45, 7) is 6.12. The lowest BCUT2D eigenvalue weighted by Crippen LogP contribution is -2.30. The molecule has 1 aromatic rings. The summed E-state index contributed by atoms with van der Waals surface area (Å²) >= 11 is 3.48. The molecule has 0 saturated carbocycles. The van der Waals surface area contributed by atoms with Crippen LogP contribution in [0.1, 0.15) is 20.3 Å². The van der Waals surface area contributed by atoms with Crippen LogP contribution in [0.15, 0.2) is 28.7 Å². The summed E-state index contributed by atoms with van der Waals surface area (Å²) < 4.78 is 6.90. The Hall–Kier alpha value is -0.540. The van der Waals surface area contributed by atoms with Gasteiger partial charge in [0.15, 0.2) is 0 Å². The van der Waals surface area contributed by atoms with Crippen molar-refractivity contribution in [3.05, 3.63) is 28.7 Å². The molecule has 1 unspecified atom stereocenters. The van der Waals surface area contributed by atoms with Crippen LogP contribution in [0.3, 0.4) is 0 Å². The van der Waals surface area contributed by atoms with Crippen molar-refractivity contribution < 1.29 is 4.74 Å². The normalized spacial score (nSPS) is 12.5. The summed E-state index contributed by atoms with van der Waals surface area (Å²) in [4.78, 5) is 0. The summed E-state index contributed by atoms with van der Waals surface area (Å²) in [5, 5.41) is 3.30. The molecule has 0 aliphatic carbocycles. The SMILES string of the molecule is CCNCC(CC)Oc1ccccc1Br. The minimum Gasteiger partial charge on any atom is -0.488 e. The molecule has 1 aromatic carbocycles. The van der Waals surface area contributed by atoms with Gasteiger partial charge in [-0.05, 0) is 41.0 Å². The van der Waals surface area contributed by atoms with Crippen LogP contribution in [0.2, 0.25) is 0 Å². The van der Waals surface area contributed by atoms with Gasteiger partial charge in [-0.25, -0.2) is 0 Å². The third-order valence-electron chi connectivity index (χ3n) is 2.21. The van der Waals surface area contributed by atoms with E-state index in [2.05, 4.69) is 35.1 Å². The molecule has 15 heavy (non-hydrogen) atoms. The molecule has 0 aliphatic heterocycles. The van der Waals surface area contributed by atoms with Gasteiger partial charge in [0.05, 0.1) is 4.47 Å². The van der Waals surface area contributed by atoms with E-state index in [-0.39, 0.29) is 6.10 Å². The Morgan fingerprint density at radius 1 is 1.33 bits per heavy atom. The molecule has 0 spiro atoms. The lowest BCUT2D eigenvalue weighted by molar-refractivity contribution is 0.193. The minimum atomic E-state index is 0.239. The van der Waals surface area contributed by atoms with Crippen LogP contribution in [0.5, 0.6) is 5.75 Å². The summed E-state index contributed by atoms with van der Waals surface area (Å²) in [6.07, 6.45) is 1.25. The van der Waals surface area contributed by atoms with Gasteiger partial charge in [0.1, 0.15) is 11.9 Å². The Morgan fingerprint density at radius 2 is 2.07 bits per heavy atom. The molecule has 0 radical (unpaired) electrons. The largest absolute Gasteiger partial charge is 0.488 e. The summed E-state index contributed by atoms with van der Waals surface area (Å²) in [5.41, 5.74) is 0. The molecule has 3 heteroatoms. The second-order valence-corrected chi connectivity index (χ2v) is 4.24. The molecule has 1 atom stereocenters. The number of para-hydroxylation sites is 1. The van der Waals surface area contributed by atoms with Crippen molar-refractivity contribution >= 4 is 15.9 Å². The molecule has 0 heterocycles. The van der Waals surface area contributed by atoms with E-state index in [4.69, 9.17) is 4.74 Å². The maximum atomic E-state index is 5.89. The molecule has 1 rings (SSSR count). The molecule has 0 fully saturated rings. The fourth-order valence-electron chi connectivity index (χ4n) is 1.29. The van der Waals surface area contributed by atoms with Crippen molar-refractivity contribution in [1.29, 1.82) is 0 Å². The second kappa shape index (κ2) is 6.85. The number of ether oxygens (including phenoxy) is 1. The van der Waals surface area contributed by atoms with E-state index in [1.54, 1.807) is 0 Å². The van der Waals surface area contributed by atoms with E-state index in [9.17, 15) is 0 Å². The first-order chi connectivity index (χ1) is 7.27. The minimum absolute atomic E-state index is 0.239. The van der Waals surface area contributed by atoms with Gasteiger partial charge in [-0.3, -0.25) is 0 Å². The lowest BCUT2D eigenvalue weighted by atomic mass is 10.2. The zero-order valence-electron chi connectivity index (χ0n) is 9.29. The predicted octanol–water partition coefficient (Wildman–Crippen LogP) is 3.22. The Bertz CT molecular complexity index is 291. The van der Waals surface area contributed by atoms with Gasteiger partial charge in [-0.2, -0.15) is 0 Å². The first-order valence-corrected chi connectivity index (χ1v) is 6.19. The van der Waals surface area contributed by atoms with E-state index >= 15 is 0 Å². The van der Waals surface area contributed by atoms with Crippen molar-refractivity contribution in [3.63, 3.8) is 0 Å². The number of likely N-dealkylation sites (N-methyl/N-ethyl adjacent to an activating group) is 1. The highest BCUT2D eigenvalue weighted by Crippen LogP contribution is 2.25. The van der Waals surface area contributed by atoms with E-state index < -0.39 is 0 Å². The van der Waals surface area contributed by atoms with E-state index in [0.29, 0.717) is 0 Å². The van der Waals surface area contributed by atoms with Gasteiger partial charge >= 0.3 is 0 Å². The van der Waals surface area contributed by atoms with E-state index in [1.807, 2.05) is 24.3 Å². The number of benzene rings is 1. The third-order valence-corrected chi connectivity index (χ3v) is 2.86. The van der Waals surface area contributed by atoms with Crippen LogP contribution >= 0.6 is 15.9 Å². The van der Waals surface area contributed by atoms with E-state index in [0.717, 1.165) is 29.7 Å². The van der Waals surface area contributed by atoms with Gasteiger partial charge < -0.3 is 10.1 Å². The summed E-state index contributed by atoms with van der Waals surface area (Å²) in [6, 6.07) is 7.95. The van der Waals surface area contributed by atoms with Crippen LogP contribution in [0.25, 0.3) is 0 Å². The number of rotatable bonds is 6. The molecule has 84 valence electrons. The van der Waals surface area contributed by atoms with Crippen LogP contribution in [0, 0.1) is 0 Å². The first-order valence-electron chi connectivity index (χ1n) is 5.39. The monoisotopic (exact) mass is 271 g/mol. The molecule has 0 amide bonds. The number of nitrogens with one attached hydrogen (secondary N) is 1. The first kappa shape index (κ1) is 12.5. The van der Waals surface area contributed by atoms with Gasteiger partial charge in [0, 0.05) is 6.54 Å². The Morgan fingerprint density at radius 3 is 2.67 bits per heavy atom. The zero-order chi connectivity index (χ0) is 11.1. The predicted molar refractivity (Wildman–Crippen MR) is 67.4 cm³/mol. The summed E-state index contributed by atoms with van der Waals surface area (Å²) in [7, 11) is 0. The van der Waals surface area contributed by atoms with Crippen molar-refractivity contribution in [2.45, 2.75) is 26.4 Å². The highest BCUT2D eigenvalue weighted by atomic mass is 79.9. The van der Waals surface area contributed by atoms with Crippen LogP contribution in [-0.4, -0.2) is 19.2 Å². The average molecular weight is 272 g/mol.